The summed E-state index contributed by atoms with van der Waals surface area (Å²) < 4.78 is 0.557. The number of nitrogens with one attached hydrogen (secondary N) is 1. The molecule has 6 heteroatoms. The molecule has 0 aliphatic carbocycles. The highest BCUT2D eigenvalue weighted by Crippen LogP contribution is 1.93. The minimum absolute atomic E-state index is 0.0272. The van der Waals surface area contributed by atoms with E-state index in [2.05, 4.69) is 15.2 Å². The smallest absolute Gasteiger partial charge is 0.288 e. The first kappa shape index (κ1) is 6.46. The number of aromatic amines is 1. The molecule has 3 N–H and O–H groups in total. The number of hydrogen-bond donors (Lipinski definition) is 2. The highest BCUT2D eigenvalue weighted by Gasteiger charge is 2.04. The minimum atomic E-state index is -0.617. The highest BCUT2D eigenvalue weighted by molar-refractivity contribution is 14.1. The first-order chi connectivity index (χ1) is 4.20. The van der Waals surface area contributed by atoms with Gasteiger partial charge in [-0.25, -0.2) is 0 Å². The van der Waals surface area contributed by atoms with Gasteiger partial charge in [-0.05, 0) is 0 Å². The van der Waals surface area contributed by atoms with Crippen LogP contribution in [-0.2, 0) is 0 Å². The van der Waals surface area contributed by atoms with Crippen LogP contribution in [0.4, 0.5) is 0 Å². The molecule has 0 atom stereocenters. The molecule has 0 saturated carbocycles. The summed E-state index contributed by atoms with van der Waals surface area (Å²) in [6.45, 7) is 0. The molecular formula is C3H3IN4O. The van der Waals surface area contributed by atoms with Crippen LogP contribution in [0.5, 0.6) is 0 Å². The monoisotopic (exact) mass is 238 g/mol. The number of nitrogens with zero attached hydrogens (tertiary/aromatic N) is 2. The SMILES string of the molecule is NC(=O)c1n[nH]c(I)n1. The molecule has 0 aromatic carbocycles. The number of carbonyl (C=O) groups excluding carboxylic acids is 1. The lowest BCUT2D eigenvalue weighted by molar-refractivity contribution is 0.0991. The Balaban J connectivity index is 2.98. The van der Waals surface area contributed by atoms with E-state index in [1.165, 1.54) is 0 Å². The summed E-state index contributed by atoms with van der Waals surface area (Å²) >= 11 is 1.90. The van der Waals surface area contributed by atoms with E-state index in [9.17, 15) is 4.79 Å². The van der Waals surface area contributed by atoms with Crippen LogP contribution in [0.1, 0.15) is 10.6 Å². The zero-order valence-electron chi connectivity index (χ0n) is 4.26. The summed E-state index contributed by atoms with van der Waals surface area (Å²) in [5, 5.41) is 5.97. The minimum Gasteiger partial charge on any atom is -0.363 e. The number of rotatable bonds is 1. The number of H-pyrrole nitrogens is 1. The van der Waals surface area contributed by atoms with Gasteiger partial charge in [-0.1, -0.05) is 0 Å². The van der Waals surface area contributed by atoms with E-state index in [0.717, 1.165) is 0 Å². The largest absolute Gasteiger partial charge is 0.363 e. The van der Waals surface area contributed by atoms with Crippen LogP contribution in [-0.4, -0.2) is 21.1 Å². The maximum atomic E-state index is 10.3. The lowest BCUT2D eigenvalue weighted by atomic mass is 10.6. The highest BCUT2D eigenvalue weighted by atomic mass is 127. The Labute approximate surface area is 64.2 Å². The number of halogens is 1. The maximum Gasteiger partial charge on any atom is 0.288 e. The zero-order valence-corrected chi connectivity index (χ0v) is 6.42. The molecule has 1 amide bonds. The van der Waals surface area contributed by atoms with Gasteiger partial charge in [0, 0.05) is 22.6 Å². The second-order valence-electron chi connectivity index (χ2n) is 1.31. The Morgan fingerprint density at radius 1 is 1.78 bits per heavy atom. The predicted octanol–water partition coefficient (Wildman–Crippen LogP) is -0.492. The van der Waals surface area contributed by atoms with Crippen molar-refractivity contribution in [2.24, 2.45) is 5.73 Å². The molecule has 0 radical (unpaired) electrons. The molecule has 1 rings (SSSR count). The average molecular weight is 238 g/mol. The van der Waals surface area contributed by atoms with Gasteiger partial charge in [0.15, 0.2) is 3.83 Å². The lowest BCUT2D eigenvalue weighted by Crippen LogP contribution is -2.12. The van der Waals surface area contributed by atoms with Gasteiger partial charge >= 0.3 is 0 Å². The Kier molecular flexibility index (Phi) is 1.65. The number of nitrogens with two attached hydrogens (primary N) is 1. The van der Waals surface area contributed by atoms with Gasteiger partial charge in [0.1, 0.15) is 0 Å². The molecule has 5 nitrogen and oxygen atoms in total. The van der Waals surface area contributed by atoms with Crippen molar-refractivity contribution in [2.45, 2.75) is 0 Å². The molecule has 0 saturated heterocycles. The van der Waals surface area contributed by atoms with Gasteiger partial charge in [-0.2, -0.15) is 4.98 Å². The van der Waals surface area contributed by atoms with Crippen molar-refractivity contribution >= 4 is 28.5 Å². The zero-order chi connectivity index (χ0) is 6.85. The van der Waals surface area contributed by atoms with Crippen molar-refractivity contribution in [2.75, 3.05) is 0 Å². The number of primary amides is 1. The molecule has 0 unspecified atom stereocenters. The normalized spacial score (nSPS) is 9.44. The number of amides is 1. The van der Waals surface area contributed by atoms with Crippen LogP contribution in [0.3, 0.4) is 0 Å². The third-order valence-corrected chi connectivity index (χ3v) is 1.16. The molecule has 48 valence electrons. The average Bonchev–Trinajstić information content (AvgIpc) is 2.14. The number of hydrogen-bond acceptors (Lipinski definition) is 3. The second-order valence-corrected chi connectivity index (χ2v) is 2.34. The topological polar surface area (TPSA) is 84.7 Å². The molecule has 0 fully saturated rings. The van der Waals surface area contributed by atoms with Crippen LogP contribution in [0.2, 0.25) is 0 Å². The van der Waals surface area contributed by atoms with Crippen molar-refractivity contribution in [1.82, 2.24) is 15.2 Å². The molecule has 0 spiro atoms. The van der Waals surface area contributed by atoms with Crippen LogP contribution in [0.25, 0.3) is 0 Å². The molecule has 1 aromatic rings. The third kappa shape index (κ3) is 1.37. The maximum absolute atomic E-state index is 10.3. The summed E-state index contributed by atoms with van der Waals surface area (Å²) in [7, 11) is 0. The lowest BCUT2D eigenvalue weighted by Gasteiger charge is -1.77. The van der Waals surface area contributed by atoms with E-state index in [0.29, 0.717) is 3.83 Å². The second kappa shape index (κ2) is 2.29. The van der Waals surface area contributed by atoms with E-state index in [1.807, 2.05) is 22.6 Å². The third-order valence-electron chi connectivity index (χ3n) is 0.679. The summed E-state index contributed by atoms with van der Waals surface area (Å²) in [5.41, 5.74) is 4.84. The van der Waals surface area contributed by atoms with E-state index in [-0.39, 0.29) is 5.82 Å². The predicted molar refractivity (Wildman–Crippen MR) is 37.6 cm³/mol. The van der Waals surface area contributed by atoms with Gasteiger partial charge in [-0.3, -0.25) is 9.89 Å². The fraction of sp³-hybridized carbons (Fsp3) is 0. The molecular weight excluding hydrogens is 235 g/mol. The van der Waals surface area contributed by atoms with Gasteiger partial charge < -0.3 is 5.73 Å². The molecule has 9 heavy (non-hydrogen) atoms. The summed E-state index contributed by atoms with van der Waals surface area (Å²) in [6, 6.07) is 0. The molecule has 0 aliphatic heterocycles. The molecule has 1 heterocycles. The van der Waals surface area contributed by atoms with E-state index >= 15 is 0 Å². The van der Waals surface area contributed by atoms with Gasteiger partial charge in [0.2, 0.25) is 5.82 Å². The molecule has 1 aromatic heterocycles. The van der Waals surface area contributed by atoms with Crippen LogP contribution in [0, 0.1) is 3.83 Å². The van der Waals surface area contributed by atoms with Crippen molar-refractivity contribution in [3.63, 3.8) is 0 Å². The Bertz CT molecular complexity index is 231. The standard InChI is InChI=1S/C3H3IN4O/c4-3-6-2(1(5)9)7-8-3/h(H2,5,9)(H,6,7,8). The first-order valence-electron chi connectivity index (χ1n) is 2.08. The van der Waals surface area contributed by atoms with Gasteiger partial charge in [-0.15, -0.1) is 5.10 Å². The quantitative estimate of drug-likeness (QED) is 0.647. The van der Waals surface area contributed by atoms with E-state index in [4.69, 9.17) is 5.73 Å². The van der Waals surface area contributed by atoms with E-state index in [1.54, 1.807) is 0 Å². The number of aromatic nitrogens is 3. The van der Waals surface area contributed by atoms with Gasteiger partial charge in [0.25, 0.3) is 5.91 Å². The Hall–Kier alpha value is -0.660. The van der Waals surface area contributed by atoms with Crippen molar-refractivity contribution in [3.8, 4) is 0 Å². The molecule has 0 aliphatic rings. The summed E-state index contributed by atoms with van der Waals surface area (Å²) in [4.78, 5) is 13.9. The fourth-order valence-corrected chi connectivity index (χ4v) is 0.701. The van der Waals surface area contributed by atoms with Crippen LogP contribution >= 0.6 is 22.6 Å². The van der Waals surface area contributed by atoms with Gasteiger partial charge in [0.05, 0.1) is 0 Å². The molecule has 0 bridgehead atoms. The van der Waals surface area contributed by atoms with Crippen LogP contribution < -0.4 is 5.73 Å². The van der Waals surface area contributed by atoms with Crippen LogP contribution in [0.15, 0.2) is 0 Å². The Morgan fingerprint density at radius 3 is 2.67 bits per heavy atom. The fourth-order valence-electron chi connectivity index (χ4n) is 0.352. The summed E-state index contributed by atoms with van der Waals surface area (Å²) in [6.07, 6.45) is 0. The van der Waals surface area contributed by atoms with Crippen molar-refractivity contribution in [1.29, 1.82) is 0 Å². The number of carbonyl (C=O) groups is 1. The first-order valence-corrected chi connectivity index (χ1v) is 3.15. The van der Waals surface area contributed by atoms with Crippen molar-refractivity contribution < 1.29 is 4.79 Å². The van der Waals surface area contributed by atoms with E-state index < -0.39 is 5.91 Å². The van der Waals surface area contributed by atoms with Crippen molar-refractivity contribution in [3.05, 3.63) is 9.66 Å². The summed E-state index contributed by atoms with van der Waals surface area (Å²) in [5.74, 6) is -0.589. The Morgan fingerprint density at radius 2 is 2.44 bits per heavy atom.